The fraction of sp³-hybridized carbons (Fsp3) is 0.588. The first-order valence-corrected chi connectivity index (χ1v) is 8.39. The quantitative estimate of drug-likeness (QED) is 0.772. The number of fused-ring (bicyclic) bond motifs is 1. The topological polar surface area (TPSA) is 67.2 Å². The molecule has 1 saturated heterocycles. The Morgan fingerprint density at radius 2 is 2.05 bits per heavy atom. The largest absolute Gasteiger partial charge is 0.494 e. The van der Waals surface area contributed by atoms with Crippen molar-refractivity contribution in [2.75, 3.05) is 26.2 Å². The van der Waals surface area contributed by atoms with Crippen molar-refractivity contribution in [1.29, 1.82) is 0 Å². The molecule has 0 spiro atoms. The van der Waals surface area contributed by atoms with Gasteiger partial charge in [0.15, 0.2) is 0 Å². The number of nitrogens with one attached hydrogen (secondary N) is 1. The number of likely N-dealkylation sites (tertiary alicyclic amines) is 1. The second-order valence-electron chi connectivity index (χ2n) is 6.04. The third-order valence-electron chi connectivity index (χ3n) is 4.19. The Morgan fingerprint density at radius 3 is 2.86 bits per heavy atom. The number of nitrogens with two attached hydrogens (primary N) is 1. The molecule has 5 nitrogen and oxygen atoms in total. The first-order chi connectivity index (χ1) is 10.8. The maximum atomic E-state index is 5.76. The lowest BCUT2D eigenvalue weighted by molar-refractivity contribution is 0.216. The van der Waals surface area contributed by atoms with Gasteiger partial charge in [0, 0.05) is 6.07 Å². The number of hydrogen-bond donors (Lipinski definition) is 2. The number of hydrogen-bond acceptors (Lipinski definition) is 4. The second-order valence-corrected chi connectivity index (χ2v) is 6.04. The molecule has 1 fully saturated rings. The van der Waals surface area contributed by atoms with Crippen LogP contribution in [-0.4, -0.2) is 41.1 Å². The molecule has 0 saturated carbocycles. The van der Waals surface area contributed by atoms with E-state index in [1.165, 1.54) is 32.4 Å². The van der Waals surface area contributed by atoms with Crippen molar-refractivity contribution >= 4 is 11.0 Å². The van der Waals surface area contributed by atoms with Crippen LogP contribution < -0.4 is 10.5 Å². The van der Waals surface area contributed by atoms with Gasteiger partial charge in [-0.25, -0.2) is 4.98 Å². The number of aromatic amines is 1. The maximum Gasteiger partial charge on any atom is 0.121 e. The zero-order valence-electron chi connectivity index (χ0n) is 13.2. The highest BCUT2D eigenvalue weighted by Crippen LogP contribution is 2.20. The maximum absolute atomic E-state index is 5.76. The molecule has 5 heteroatoms. The molecule has 3 N–H and O–H groups in total. The lowest BCUT2D eigenvalue weighted by Gasteiger charge is -2.25. The van der Waals surface area contributed by atoms with E-state index in [1.807, 2.05) is 12.1 Å². The van der Waals surface area contributed by atoms with Gasteiger partial charge in [-0.1, -0.05) is 6.42 Å². The van der Waals surface area contributed by atoms with E-state index in [4.69, 9.17) is 15.5 Å². The smallest absolute Gasteiger partial charge is 0.121 e. The summed E-state index contributed by atoms with van der Waals surface area (Å²) in [4.78, 5) is 10.6. The number of aromatic nitrogens is 2. The van der Waals surface area contributed by atoms with Crippen molar-refractivity contribution < 1.29 is 4.74 Å². The number of benzene rings is 1. The third-order valence-corrected chi connectivity index (χ3v) is 4.19. The molecule has 0 atom stereocenters. The minimum atomic E-state index is 0.716. The summed E-state index contributed by atoms with van der Waals surface area (Å²) in [6, 6.07) is 6.09. The molecular formula is C17H26N4O. The van der Waals surface area contributed by atoms with Crippen molar-refractivity contribution in [2.45, 2.75) is 38.6 Å². The summed E-state index contributed by atoms with van der Waals surface area (Å²) in [7, 11) is 0. The molecule has 0 aliphatic carbocycles. The van der Waals surface area contributed by atoms with Crippen LogP contribution in [0.3, 0.4) is 0 Å². The first-order valence-electron chi connectivity index (χ1n) is 8.39. The van der Waals surface area contributed by atoms with Gasteiger partial charge in [-0.15, -0.1) is 0 Å². The van der Waals surface area contributed by atoms with Crippen molar-refractivity contribution in [3.8, 4) is 5.75 Å². The molecule has 2 aromatic rings. The van der Waals surface area contributed by atoms with E-state index in [0.717, 1.165) is 48.5 Å². The van der Waals surface area contributed by atoms with Gasteiger partial charge in [0.25, 0.3) is 0 Å². The number of imidazole rings is 1. The first kappa shape index (κ1) is 15.3. The molecule has 1 aliphatic heterocycles. The fourth-order valence-corrected chi connectivity index (χ4v) is 2.97. The highest BCUT2D eigenvalue weighted by atomic mass is 16.5. The van der Waals surface area contributed by atoms with Crippen LogP contribution in [0.5, 0.6) is 5.75 Å². The van der Waals surface area contributed by atoms with Crippen LogP contribution in [-0.2, 0) is 6.54 Å². The van der Waals surface area contributed by atoms with E-state index in [2.05, 4.69) is 16.0 Å². The summed E-state index contributed by atoms with van der Waals surface area (Å²) in [5.41, 5.74) is 7.56. The average molecular weight is 302 g/mol. The number of ether oxygens (including phenoxy) is 1. The lowest BCUT2D eigenvalue weighted by atomic mass is 10.1. The van der Waals surface area contributed by atoms with E-state index in [9.17, 15) is 0 Å². The van der Waals surface area contributed by atoms with Gasteiger partial charge < -0.3 is 15.5 Å². The molecule has 1 aromatic heterocycles. The van der Waals surface area contributed by atoms with Crippen molar-refractivity contribution in [3.63, 3.8) is 0 Å². The Hall–Kier alpha value is -1.59. The SMILES string of the molecule is NCCCCOc1ccc2[nH]c(CN3CCCCC3)nc2c1. The van der Waals surface area contributed by atoms with Crippen molar-refractivity contribution in [3.05, 3.63) is 24.0 Å². The minimum Gasteiger partial charge on any atom is -0.494 e. The van der Waals surface area contributed by atoms with E-state index in [1.54, 1.807) is 0 Å². The summed E-state index contributed by atoms with van der Waals surface area (Å²) >= 11 is 0. The van der Waals surface area contributed by atoms with Crippen LogP contribution in [0, 0.1) is 0 Å². The third kappa shape index (κ3) is 3.99. The lowest BCUT2D eigenvalue weighted by Crippen LogP contribution is -2.29. The molecule has 2 heterocycles. The van der Waals surface area contributed by atoms with E-state index in [0.29, 0.717) is 6.61 Å². The summed E-state index contributed by atoms with van der Waals surface area (Å²) in [6.07, 6.45) is 5.98. The Bertz CT molecular complexity index is 589. The van der Waals surface area contributed by atoms with Gasteiger partial charge >= 0.3 is 0 Å². The zero-order chi connectivity index (χ0) is 15.2. The summed E-state index contributed by atoms with van der Waals surface area (Å²) in [6.45, 7) is 4.73. The fourth-order valence-electron chi connectivity index (χ4n) is 2.97. The van der Waals surface area contributed by atoms with E-state index in [-0.39, 0.29) is 0 Å². The molecular weight excluding hydrogens is 276 g/mol. The minimum absolute atomic E-state index is 0.716. The van der Waals surface area contributed by atoms with E-state index < -0.39 is 0 Å². The van der Waals surface area contributed by atoms with Crippen molar-refractivity contribution in [1.82, 2.24) is 14.9 Å². The second kappa shape index (κ2) is 7.61. The van der Waals surface area contributed by atoms with Crippen LogP contribution in [0.4, 0.5) is 0 Å². The van der Waals surface area contributed by atoms with Crippen LogP contribution in [0.25, 0.3) is 11.0 Å². The van der Waals surface area contributed by atoms with E-state index >= 15 is 0 Å². The molecule has 3 rings (SSSR count). The monoisotopic (exact) mass is 302 g/mol. The number of rotatable bonds is 7. The molecule has 120 valence electrons. The molecule has 1 aliphatic rings. The molecule has 0 bridgehead atoms. The van der Waals surface area contributed by atoms with Gasteiger partial charge in [0.2, 0.25) is 0 Å². The highest BCUT2D eigenvalue weighted by Gasteiger charge is 2.12. The van der Waals surface area contributed by atoms with Gasteiger partial charge in [0.1, 0.15) is 11.6 Å². The van der Waals surface area contributed by atoms with Gasteiger partial charge in [-0.05, 0) is 57.5 Å². The van der Waals surface area contributed by atoms with Crippen LogP contribution >= 0.6 is 0 Å². The molecule has 0 radical (unpaired) electrons. The molecule has 22 heavy (non-hydrogen) atoms. The number of unbranched alkanes of at least 4 members (excludes halogenated alkanes) is 1. The van der Waals surface area contributed by atoms with Gasteiger partial charge in [0.05, 0.1) is 24.2 Å². The van der Waals surface area contributed by atoms with Gasteiger partial charge in [-0.2, -0.15) is 0 Å². The molecule has 0 unspecified atom stereocenters. The zero-order valence-corrected chi connectivity index (χ0v) is 13.2. The highest BCUT2D eigenvalue weighted by molar-refractivity contribution is 5.76. The van der Waals surface area contributed by atoms with Crippen LogP contribution in [0.15, 0.2) is 18.2 Å². The summed E-state index contributed by atoms with van der Waals surface area (Å²) in [5.74, 6) is 1.94. The molecule has 1 aromatic carbocycles. The summed E-state index contributed by atoms with van der Waals surface area (Å²) < 4.78 is 5.76. The predicted octanol–water partition coefficient (Wildman–Crippen LogP) is 2.67. The predicted molar refractivity (Wildman–Crippen MR) is 89.0 cm³/mol. The normalized spacial score (nSPS) is 16.2. The number of nitrogens with zero attached hydrogens (tertiary/aromatic N) is 2. The Balaban J connectivity index is 1.62. The Kier molecular flexibility index (Phi) is 5.29. The van der Waals surface area contributed by atoms with Crippen LogP contribution in [0.2, 0.25) is 0 Å². The standard InChI is InChI=1S/C17H26N4O/c18-8-2-5-11-22-14-6-7-15-16(12-14)20-17(19-15)13-21-9-3-1-4-10-21/h6-7,12H,1-5,8-11,13,18H2,(H,19,20). The number of piperidine rings is 1. The number of H-pyrrole nitrogens is 1. The Morgan fingerprint density at radius 1 is 1.18 bits per heavy atom. The van der Waals surface area contributed by atoms with Crippen LogP contribution in [0.1, 0.15) is 37.9 Å². The Labute approximate surface area is 131 Å². The van der Waals surface area contributed by atoms with Gasteiger partial charge in [-0.3, -0.25) is 4.90 Å². The molecule has 0 amide bonds. The van der Waals surface area contributed by atoms with Crippen molar-refractivity contribution in [2.24, 2.45) is 5.73 Å². The average Bonchev–Trinajstić information content (AvgIpc) is 2.94. The summed E-state index contributed by atoms with van der Waals surface area (Å²) in [5, 5.41) is 0.